The van der Waals surface area contributed by atoms with Gasteiger partial charge in [-0.25, -0.2) is 0 Å². The van der Waals surface area contributed by atoms with Gasteiger partial charge in [0.2, 0.25) is 0 Å². The van der Waals surface area contributed by atoms with Crippen LogP contribution >= 0.6 is 22.8 Å². The minimum Gasteiger partial charge on any atom is -0.850 e. The number of hydrogen-bond donors (Lipinski definition) is 0. The second-order valence-electron chi connectivity index (χ2n) is 1.79. The first-order valence-electron chi connectivity index (χ1n) is 2.92. The largest absolute Gasteiger partial charge is 4.00 e. The fourth-order valence-corrected chi connectivity index (χ4v) is 0. The van der Waals surface area contributed by atoms with Crippen molar-refractivity contribution in [3.8, 4) is 0 Å². The number of hydrogen-bond acceptors (Lipinski definition) is 16. The van der Waals surface area contributed by atoms with E-state index in [1.807, 2.05) is 0 Å². The zero-order valence-electron chi connectivity index (χ0n) is 9.82. The number of rotatable bonds is 0. The molecule has 0 aliphatic rings. The third-order valence-electron chi connectivity index (χ3n) is 0. The van der Waals surface area contributed by atoms with Gasteiger partial charge in [-0.1, -0.05) is 0 Å². The topological polar surface area (TPSA) is 184 Å². The first-order chi connectivity index (χ1) is 8.00. The average molecular weight is 652 g/mol. The van der Waals surface area contributed by atoms with E-state index in [0.29, 0.717) is 0 Å². The zero-order valence-corrected chi connectivity index (χ0v) is 24.6. The minimum absolute atomic E-state index is 0. The standard InChI is InChI=1S/4H3O2PS2.3Ti/c4*1-3(2,4)5;;;/h4*(H3,1,2,4,5);;;/q;;;;3*+4/p-12. The van der Waals surface area contributed by atoms with Crippen LogP contribution in [0.4, 0.5) is 0 Å². The van der Waals surface area contributed by atoms with E-state index in [1.165, 1.54) is 0 Å². The minimum atomic E-state index is -3.72. The van der Waals surface area contributed by atoms with Crippen LogP contribution in [0.2, 0.25) is 0 Å². The van der Waals surface area contributed by atoms with Crippen LogP contribution in [0.5, 0.6) is 0 Å². The summed E-state index contributed by atoms with van der Waals surface area (Å²) in [5.41, 5.74) is -14.9. The Kier molecular flexibility index (Phi) is 45.8. The van der Waals surface area contributed by atoms with Crippen molar-refractivity contribution < 1.29 is 104 Å². The molecule has 23 heavy (non-hydrogen) atoms. The van der Waals surface area contributed by atoms with Gasteiger partial charge in [-0.2, -0.15) is 47.2 Å². The molecule has 0 saturated carbocycles. The molecule has 0 fully saturated rings. The second kappa shape index (κ2) is 22.5. The van der Waals surface area contributed by atoms with E-state index in [2.05, 4.69) is 96.2 Å². The van der Waals surface area contributed by atoms with Crippen molar-refractivity contribution in [1.29, 1.82) is 0 Å². The van der Waals surface area contributed by atoms with Crippen molar-refractivity contribution in [2.24, 2.45) is 0 Å². The van der Waals surface area contributed by atoms with Crippen LogP contribution in [0.1, 0.15) is 0 Å². The smallest absolute Gasteiger partial charge is 0.850 e. The Bertz CT molecular complexity index is 308. The summed E-state index contributed by atoms with van der Waals surface area (Å²) >= 11 is 29.1. The van der Waals surface area contributed by atoms with Crippen LogP contribution in [-0.4, -0.2) is 0 Å². The SMILES string of the molecule is [O-]P([O-])(=S)[S-].[O-]P([O-])(=S)[S-].[O-]P([O-])(=S)[S-].[O-]P([O-])(=S)[S-].[Ti+4].[Ti+4].[Ti+4]. The Morgan fingerprint density at radius 3 is 0.391 bits per heavy atom. The van der Waals surface area contributed by atoms with Gasteiger partial charge in [0.05, 0.1) is 0 Å². The summed E-state index contributed by atoms with van der Waals surface area (Å²) in [7, 11) is 0. The molecule has 8 nitrogen and oxygen atoms in total. The molecular formula is O8P4S8Ti3. The van der Waals surface area contributed by atoms with E-state index in [-0.39, 0.29) is 65.2 Å². The molecule has 0 aromatic rings. The molecule has 0 atom stereocenters. The van der Waals surface area contributed by atoms with Crippen LogP contribution in [0.15, 0.2) is 0 Å². The molecule has 0 spiro atoms. The molecule has 0 aromatic carbocycles. The van der Waals surface area contributed by atoms with Gasteiger partial charge in [0.25, 0.3) is 0 Å². The Morgan fingerprint density at radius 2 is 0.391 bits per heavy atom. The van der Waals surface area contributed by atoms with E-state index in [1.54, 1.807) is 0 Å². The summed E-state index contributed by atoms with van der Waals surface area (Å²) in [5.74, 6) is 0. The quantitative estimate of drug-likeness (QED) is 0.137. The fraction of sp³-hybridized carbons (Fsp3) is 0. The van der Waals surface area contributed by atoms with Crippen LogP contribution in [-0.2, 0) is 161 Å². The summed E-state index contributed by atoms with van der Waals surface area (Å²) in [6, 6.07) is 0. The van der Waals surface area contributed by atoms with Crippen molar-refractivity contribution in [2.45, 2.75) is 0 Å². The Morgan fingerprint density at radius 1 is 0.391 bits per heavy atom. The molecule has 23 heteroatoms. The third kappa shape index (κ3) is 547. The predicted octanol–water partition coefficient (Wildman–Crippen LogP) is -6.09. The van der Waals surface area contributed by atoms with Crippen molar-refractivity contribution in [3.05, 3.63) is 0 Å². The van der Waals surface area contributed by atoms with Gasteiger partial charge in [0.1, 0.15) is 0 Å². The van der Waals surface area contributed by atoms with Gasteiger partial charge in [-0.05, 0) is 0 Å². The summed E-state index contributed by atoms with van der Waals surface area (Å²) in [6.45, 7) is 0. The molecule has 0 aromatic heterocycles. The summed E-state index contributed by atoms with van der Waals surface area (Å²) in [4.78, 5) is 74.3. The van der Waals surface area contributed by atoms with Gasteiger partial charge in [-0.15, -0.1) is 0 Å². The molecule has 0 heterocycles. The predicted molar refractivity (Wildman–Crippen MR) is 86.6 cm³/mol. The Hall–Kier alpha value is 5.82. The maximum atomic E-state index is 9.29. The van der Waals surface area contributed by atoms with E-state index in [4.69, 9.17) is 0 Å². The normalized spacial score (nSPS) is 10.3. The fourth-order valence-electron chi connectivity index (χ4n) is 0. The first-order valence-corrected chi connectivity index (χ1v) is 17.5. The van der Waals surface area contributed by atoms with Crippen molar-refractivity contribution in [3.63, 3.8) is 0 Å². The molecule has 0 saturated heterocycles. The zero-order chi connectivity index (χ0) is 18.0. The molecule has 0 amide bonds. The molecule has 0 N–H and O–H groups in total. The molecule has 0 rings (SSSR count). The van der Waals surface area contributed by atoms with Gasteiger partial charge < -0.3 is 111 Å². The van der Waals surface area contributed by atoms with E-state index >= 15 is 0 Å². The third-order valence-corrected chi connectivity index (χ3v) is 0. The molecule has 128 valence electrons. The van der Waals surface area contributed by atoms with Crippen molar-refractivity contribution in [2.75, 3.05) is 0 Å². The maximum absolute atomic E-state index is 9.29. The summed E-state index contributed by atoms with van der Waals surface area (Å²) < 4.78 is 0. The van der Waals surface area contributed by atoms with Crippen LogP contribution in [0, 0.1) is 0 Å². The van der Waals surface area contributed by atoms with Gasteiger partial charge in [-0.3, -0.25) is 0 Å². The van der Waals surface area contributed by atoms with Gasteiger partial charge in [0, 0.05) is 0 Å². The maximum Gasteiger partial charge on any atom is 4.00 e. The van der Waals surface area contributed by atoms with Crippen LogP contribution < -0.4 is 39.1 Å². The van der Waals surface area contributed by atoms with Crippen molar-refractivity contribution >= 4 is 119 Å². The first kappa shape index (κ1) is 46.9. The van der Waals surface area contributed by atoms with Crippen LogP contribution in [0.25, 0.3) is 0 Å². The van der Waals surface area contributed by atoms with Crippen molar-refractivity contribution in [1.82, 2.24) is 0 Å². The van der Waals surface area contributed by atoms with Gasteiger partial charge in [0.15, 0.2) is 0 Å². The summed E-state index contributed by atoms with van der Waals surface area (Å²) in [6.07, 6.45) is 0. The summed E-state index contributed by atoms with van der Waals surface area (Å²) in [5, 5.41) is 0. The Labute approximate surface area is 220 Å². The molecule has 0 radical (unpaired) electrons. The molecule has 0 bridgehead atoms. The van der Waals surface area contributed by atoms with E-state index < -0.39 is 22.8 Å². The molecular weight excluding hydrogens is 652 g/mol. The molecule has 0 aliphatic heterocycles. The molecule has 0 unspecified atom stereocenters. The van der Waals surface area contributed by atoms with Gasteiger partial charge >= 0.3 is 65.2 Å². The van der Waals surface area contributed by atoms with E-state index in [0.717, 1.165) is 0 Å². The van der Waals surface area contributed by atoms with Crippen LogP contribution in [0.3, 0.4) is 0 Å². The monoisotopic (exact) mass is 651 g/mol. The van der Waals surface area contributed by atoms with E-state index in [9.17, 15) is 39.1 Å². The molecule has 0 aliphatic carbocycles. The Balaban J connectivity index is -0.0000000284. The second-order valence-corrected chi connectivity index (χ2v) is 19.7. The average Bonchev–Trinajstić information content (AvgIpc) is 1.62.